The summed E-state index contributed by atoms with van der Waals surface area (Å²) in [4.78, 5) is 17.7. The zero-order valence-electron chi connectivity index (χ0n) is 15.8. The van der Waals surface area contributed by atoms with Gasteiger partial charge in [0.05, 0.1) is 10.0 Å². The Morgan fingerprint density at radius 3 is 2.61 bits per heavy atom. The fourth-order valence-corrected chi connectivity index (χ4v) is 4.34. The topological polar surface area (TPSA) is 60.4 Å². The molecule has 0 aliphatic carbocycles. The van der Waals surface area contributed by atoms with Crippen LogP contribution in [0.15, 0.2) is 69.9 Å². The molecule has 2 aromatic carbocycles. The Labute approximate surface area is 190 Å². The van der Waals surface area contributed by atoms with E-state index in [2.05, 4.69) is 10.1 Å². The molecule has 0 amide bonds. The number of halogens is 2. The van der Waals surface area contributed by atoms with Gasteiger partial charge in [-0.05, 0) is 35.9 Å². The molecule has 0 spiro atoms. The third-order valence-electron chi connectivity index (χ3n) is 4.54. The van der Waals surface area contributed by atoms with Crippen molar-refractivity contribution >= 4 is 57.7 Å². The molecule has 0 unspecified atom stereocenters. The first-order valence-corrected chi connectivity index (χ1v) is 10.8. The van der Waals surface area contributed by atoms with Crippen LogP contribution in [0.1, 0.15) is 17.1 Å². The molecule has 5 rings (SSSR count). The number of rotatable bonds is 4. The molecule has 5 nitrogen and oxygen atoms in total. The van der Waals surface area contributed by atoms with Crippen LogP contribution >= 0.6 is 34.5 Å². The average Bonchev–Trinajstić information content (AvgIpc) is 3.47. The molecule has 3 aromatic heterocycles. The van der Waals surface area contributed by atoms with Crippen molar-refractivity contribution in [2.75, 3.05) is 0 Å². The number of nitrogens with zero attached hydrogens (tertiary/aromatic N) is 3. The van der Waals surface area contributed by atoms with Crippen LogP contribution in [0.5, 0.6) is 0 Å². The van der Waals surface area contributed by atoms with E-state index in [0.29, 0.717) is 42.4 Å². The lowest BCUT2D eigenvalue weighted by atomic mass is 10.2. The molecule has 5 aromatic rings. The molecular weight excluding hydrogens is 453 g/mol. The summed E-state index contributed by atoms with van der Waals surface area (Å²) in [5.41, 5.74) is 1.48. The van der Waals surface area contributed by atoms with E-state index in [1.165, 1.54) is 15.9 Å². The van der Waals surface area contributed by atoms with Crippen molar-refractivity contribution < 1.29 is 4.42 Å². The SMILES string of the molecule is O=c1c(=Cc2ccc(-c3cccc(Cl)c3Cl)o2)sc2nc(C=Cc3ccccc3)nn12. The molecule has 0 radical (unpaired) electrons. The fraction of sp³-hybridized carbons (Fsp3) is 0. The number of furan rings is 1. The molecule has 8 heteroatoms. The normalized spacial score (nSPS) is 12.4. The van der Waals surface area contributed by atoms with Crippen molar-refractivity contribution in [2.45, 2.75) is 0 Å². The summed E-state index contributed by atoms with van der Waals surface area (Å²) in [6.07, 6.45) is 5.36. The third kappa shape index (κ3) is 3.93. The van der Waals surface area contributed by atoms with Gasteiger partial charge in [-0.2, -0.15) is 9.50 Å². The fourth-order valence-electron chi connectivity index (χ4n) is 3.05. The van der Waals surface area contributed by atoms with Crippen LogP contribution in [0.25, 0.3) is 34.5 Å². The second kappa shape index (κ2) is 8.15. The first-order valence-electron chi connectivity index (χ1n) is 9.27. The first-order chi connectivity index (χ1) is 15.1. The van der Waals surface area contributed by atoms with Gasteiger partial charge in [-0.25, -0.2) is 0 Å². The summed E-state index contributed by atoms with van der Waals surface area (Å²) in [6, 6.07) is 18.7. The van der Waals surface area contributed by atoms with Crippen LogP contribution in [-0.2, 0) is 0 Å². The molecule has 0 bridgehead atoms. The van der Waals surface area contributed by atoms with E-state index < -0.39 is 0 Å². The third-order valence-corrected chi connectivity index (χ3v) is 6.32. The number of thiazole rings is 1. The van der Waals surface area contributed by atoms with E-state index in [-0.39, 0.29) is 5.56 Å². The number of hydrogen-bond acceptors (Lipinski definition) is 5. The number of aromatic nitrogens is 3. The van der Waals surface area contributed by atoms with Crippen LogP contribution in [-0.4, -0.2) is 14.6 Å². The van der Waals surface area contributed by atoms with Crippen molar-refractivity contribution in [2.24, 2.45) is 0 Å². The van der Waals surface area contributed by atoms with Crippen molar-refractivity contribution in [3.63, 3.8) is 0 Å². The molecule has 0 aliphatic heterocycles. The minimum atomic E-state index is -0.245. The van der Waals surface area contributed by atoms with Gasteiger partial charge in [0, 0.05) is 11.6 Å². The molecule has 0 atom stereocenters. The highest BCUT2D eigenvalue weighted by molar-refractivity contribution is 7.15. The maximum absolute atomic E-state index is 12.7. The second-order valence-electron chi connectivity index (χ2n) is 6.63. The average molecular weight is 466 g/mol. The van der Waals surface area contributed by atoms with Crippen molar-refractivity contribution in [1.29, 1.82) is 0 Å². The maximum Gasteiger partial charge on any atom is 0.291 e. The van der Waals surface area contributed by atoms with Crippen molar-refractivity contribution in [3.8, 4) is 11.3 Å². The highest BCUT2D eigenvalue weighted by atomic mass is 35.5. The highest BCUT2D eigenvalue weighted by Gasteiger charge is 2.12. The summed E-state index contributed by atoms with van der Waals surface area (Å²) >= 11 is 13.6. The van der Waals surface area contributed by atoms with Crippen LogP contribution in [0.3, 0.4) is 0 Å². The Hall–Kier alpha value is -3.19. The van der Waals surface area contributed by atoms with Crippen LogP contribution in [0, 0.1) is 0 Å². The highest BCUT2D eigenvalue weighted by Crippen LogP contribution is 2.34. The van der Waals surface area contributed by atoms with E-state index >= 15 is 0 Å². The lowest BCUT2D eigenvalue weighted by molar-refractivity contribution is 0.571. The Morgan fingerprint density at radius 1 is 0.968 bits per heavy atom. The van der Waals surface area contributed by atoms with E-state index in [9.17, 15) is 4.79 Å². The number of hydrogen-bond donors (Lipinski definition) is 0. The molecule has 0 saturated carbocycles. The Bertz CT molecular complexity index is 1530. The standard InChI is InChI=1S/C23H13Cl2N3O2S/c24-17-8-4-7-16(21(17)25)18-11-10-15(30-18)13-19-22(29)28-23(31-19)26-20(27-28)12-9-14-5-2-1-3-6-14/h1-13H. The van der Waals surface area contributed by atoms with Crippen molar-refractivity contribution in [3.05, 3.63) is 103 Å². The van der Waals surface area contributed by atoms with Gasteiger partial charge in [-0.1, -0.05) is 77.0 Å². The molecule has 0 saturated heterocycles. The van der Waals surface area contributed by atoms with Crippen LogP contribution in [0.4, 0.5) is 0 Å². The number of benzene rings is 2. The lowest BCUT2D eigenvalue weighted by Gasteiger charge is -2.01. The van der Waals surface area contributed by atoms with Gasteiger partial charge in [0.2, 0.25) is 4.96 Å². The predicted octanol–water partition coefficient (Wildman–Crippen LogP) is 5.44. The van der Waals surface area contributed by atoms with E-state index in [4.69, 9.17) is 27.6 Å². The molecular formula is C23H13Cl2N3O2S. The molecule has 3 heterocycles. The lowest BCUT2D eigenvalue weighted by Crippen LogP contribution is -2.23. The van der Waals surface area contributed by atoms with Gasteiger partial charge in [-0.15, -0.1) is 5.10 Å². The minimum Gasteiger partial charge on any atom is -0.457 e. The Balaban J connectivity index is 1.46. The van der Waals surface area contributed by atoms with Crippen molar-refractivity contribution in [1.82, 2.24) is 14.6 Å². The van der Waals surface area contributed by atoms with E-state index in [0.717, 1.165) is 5.56 Å². The Kier molecular flexibility index (Phi) is 5.19. The monoisotopic (exact) mass is 465 g/mol. The summed E-state index contributed by atoms with van der Waals surface area (Å²) in [6.45, 7) is 0. The Morgan fingerprint density at radius 2 is 1.81 bits per heavy atom. The summed E-state index contributed by atoms with van der Waals surface area (Å²) < 4.78 is 7.64. The van der Waals surface area contributed by atoms with Gasteiger partial charge >= 0.3 is 0 Å². The van der Waals surface area contributed by atoms with Gasteiger partial charge in [0.1, 0.15) is 16.1 Å². The van der Waals surface area contributed by atoms with Gasteiger partial charge in [0.15, 0.2) is 5.82 Å². The molecule has 0 N–H and O–H groups in total. The van der Waals surface area contributed by atoms with E-state index in [1.807, 2.05) is 42.5 Å². The summed E-state index contributed by atoms with van der Waals surface area (Å²) in [7, 11) is 0. The second-order valence-corrected chi connectivity index (χ2v) is 8.42. The zero-order chi connectivity index (χ0) is 21.4. The molecule has 152 valence electrons. The zero-order valence-corrected chi connectivity index (χ0v) is 18.2. The summed E-state index contributed by atoms with van der Waals surface area (Å²) in [5.74, 6) is 1.57. The number of fused-ring (bicyclic) bond motifs is 1. The predicted molar refractivity (Wildman–Crippen MR) is 125 cm³/mol. The van der Waals surface area contributed by atoms with Crippen LogP contribution in [0.2, 0.25) is 10.0 Å². The molecule has 0 fully saturated rings. The van der Waals surface area contributed by atoms with E-state index in [1.54, 1.807) is 36.4 Å². The van der Waals surface area contributed by atoms with Gasteiger partial charge < -0.3 is 4.42 Å². The summed E-state index contributed by atoms with van der Waals surface area (Å²) in [5, 5.41) is 5.17. The first kappa shape index (κ1) is 19.8. The largest absolute Gasteiger partial charge is 0.457 e. The maximum atomic E-state index is 12.7. The van der Waals surface area contributed by atoms with Gasteiger partial charge in [0.25, 0.3) is 5.56 Å². The minimum absolute atomic E-state index is 0.245. The van der Waals surface area contributed by atoms with Gasteiger partial charge in [-0.3, -0.25) is 4.79 Å². The molecule has 0 aliphatic rings. The molecule has 31 heavy (non-hydrogen) atoms. The smallest absolute Gasteiger partial charge is 0.291 e. The quantitative estimate of drug-likeness (QED) is 0.354. The van der Waals surface area contributed by atoms with Crippen LogP contribution < -0.4 is 10.1 Å².